The zero-order valence-corrected chi connectivity index (χ0v) is 20.7. The third kappa shape index (κ3) is 5.79. The van der Waals surface area contributed by atoms with Crippen molar-refractivity contribution in [2.24, 2.45) is 7.05 Å². The SMILES string of the molecule is Cn1c(=O)n(CCC[C@@H](NS(=O)(=O)c2ccc(Oc3ccccc3)cc2)C(=O)O)c(=O)c2ccccc21. The van der Waals surface area contributed by atoms with Crippen LogP contribution in [0.1, 0.15) is 12.8 Å². The number of para-hydroxylation sites is 2. The van der Waals surface area contributed by atoms with Gasteiger partial charge in [0.25, 0.3) is 5.56 Å². The van der Waals surface area contributed by atoms with E-state index in [1.54, 1.807) is 55.6 Å². The van der Waals surface area contributed by atoms with Crippen LogP contribution in [0.2, 0.25) is 0 Å². The third-order valence-electron chi connectivity index (χ3n) is 5.84. The molecule has 4 rings (SSSR count). The van der Waals surface area contributed by atoms with Gasteiger partial charge in [0.1, 0.15) is 17.5 Å². The van der Waals surface area contributed by atoms with Crippen molar-refractivity contribution in [2.45, 2.75) is 30.3 Å². The second kappa shape index (κ2) is 10.8. The lowest BCUT2D eigenvalue weighted by Crippen LogP contribution is -2.42. The first-order chi connectivity index (χ1) is 17.7. The van der Waals surface area contributed by atoms with Gasteiger partial charge in [0, 0.05) is 13.6 Å². The van der Waals surface area contributed by atoms with Crippen molar-refractivity contribution in [2.75, 3.05) is 0 Å². The molecule has 2 N–H and O–H groups in total. The minimum Gasteiger partial charge on any atom is -0.480 e. The van der Waals surface area contributed by atoms with Gasteiger partial charge in [-0.2, -0.15) is 4.72 Å². The molecule has 4 aromatic rings. The molecule has 0 bridgehead atoms. The van der Waals surface area contributed by atoms with Gasteiger partial charge in [0.2, 0.25) is 10.0 Å². The summed E-state index contributed by atoms with van der Waals surface area (Å²) in [5.41, 5.74) is -0.525. The van der Waals surface area contributed by atoms with Crippen LogP contribution >= 0.6 is 0 Å². The summed E-state index contributed by atoms with van der Waals surface area (Å²) in [6.07, 6.45) is -0.0526. The lowest BCUT2D eigenvalue weighted by atomic mass is 10.1. The first kappa shape index (κ1) is 25.9. The summed E-state index contributed by atoms with van der Waals surface area (Å²) in [7, 11) is -2.62. The van der Waals surface area contributed by atoms with Crippen LogP contribution in [0.5, 0.6) is 11.5 Å². The maximum atomic E-state index is 12.8. The van der Waals surface area contributed by atoms with E-state index < -0.39 is 33.3 Å². The van der Waals surface area contributed by atoms with E-state index in [-0.39, 0.29) is 24.3 Å². The van der Waals surface area contributed by atoms with Gasteiger partial charge < -0.3 is 9.84 Å². The number of ether oxygens (including phenoxy) is 1. The van der Waals surface area contributed by atoms with E-state index in [2.05, 4.69) is 4.72 Å². The first-order valence-electron chi connectivity index (χ1n) is 11.4. The van der Waals surface area contributed by atoms with Crippen molar-refractivity contribution in [3.8, 4) is 11.5 Å². The number of aryl methyl sites for hydroxylation is 1. The molecule has 0 aliphatic heterocycles. The molecule has 11 heteroatoms. The Morgan fingerprint density at radius 3 is 2.24 bits per heavy atom. The Morgan fingerprint density at radius 1 is 0.946 bits per heavy atom. The maximum Gasteiger partial charge on any atom is 0.331 e. The number of rotatable bonds is 10. The quantitative estimate of drug-likeness (QED) is 0.326. The molecule has 1 atom stereocenters. The van der Waals surface area contributed by atoms with Gasteiger partial charge >= 0.3 is 11.7 Å². The number of sulfonamides is 1. The number of carboxylic acid groups (broad SMARTS) is 1. The topological polar surface area (TPSA) is 137 Å². The number of hydrogen-bond donors (Lipinski definition) is 2. The molecule has 0 radical (unpaired) electrons. The van der Waals surface area contributed by atoms with Crippen LogP contribution < -0.4 is 20.7 Å². The molecule has 0 unspecified atom stereocenters. The number of benzene rings is 3. The van der Waals surface area contributed by atoms with E-state index in [0.29, 0.717) is 22.4 Å². The maximum absolute atomic E-state index is 12.8. The van der Waals surface area contributed by atoms with Gasteiger partial charge in [-0.1, -0.05) is 30.3 Å². The van der Waals surface area contributed by atoms with Crippen molar-refractivity contribution < 1.29 is 23.1 Å². The monoisotopic (exact) mass is 523 g/mol. The lowest BCUT2D eigenvalue weighted by molar-refractivity contribution is -0.139. The third-order valence-corrected chi connectivity index (χ3v) is 7.33. The fraction of sp³-hybridized carbons (Fsp3) is 0.192. The Labute approximate surface area is 212 Å². The number of hydrogen-bond acceptors (Lipinski definition) is 6. The molecule has 0 aliphatic rings. The van der Waals surface area contributed by atoms with Crippen molar-refractivity contribution in [1.29, 1.82) is 0 Å². The van der Waals surface area contributed by atoms with E-state index in [1.807, 2.05) is 6.07 Å². The van der Waals surface area contributed by atoms with Crippen molar-refractivity contribution >= 4 is 26.9 Å². The Kier molecular flexibility index (Phi) is 7.55. The zero-order valence-electron chi connectivity index (χ0n) is 19.9. The van der Waals surface area contributed by atoms with E-state index in [1.165, 1.54) is 28.8 Å². The first-order valence-corrected chi connectivity index (χ1v) is 12.9. The minimum atomic E-state index is -4.16. The summed E-state index contributed by atoms with van der Waals surface area (Å²) in [6.45, 7) is -0.0621. The number of nitrogens with one attached hydrogen (secondary N) is 1. The summed E-state index contributed by atoms with van der Waals surface area (Å²) < 4.78 is 35.9. The van der Waals surface area contributed by atoms with Crippen LogP contribution in [0, 0.1) is 0 Å². The molecular formula is C26H25N3O7S. The fourth-order valence-corrected chi connectivity index (χ4v) is 5.14. The smallest absolute Gasteiger partial charge is 0.331 e. The van der Waals surface area contributed by atoms with Crippen molar-refractivity contribution in [3.05, 3.63) is 99.7 Å². The van der Waals surface area contributed by atoms with Crippen molar-refractivity contribution in [1.82, 2.24) is 13.9 Å². The number of nitrogens with zero attached hydrogens (tertiary/aromatic N) is 2. The minimum absolute atomic E-state index is 0.0621. The molecule has 0 aliphatic carbocycles. The van der Waals surface area contributed by atoms with E-state index >= 15 is 0 Å². The molecule has 0 spiro atoms. The number of carboxylic acids is 1. The van der Waals surface area contributed by atoms with E-state index in [0.717, 1.165) is 4.57 Å². The molecule has 192 valence electrons. The summed E-state index contributed by atoms with van der Waals surface area (Å²) in [5.74, 6) is -0.365. The molecule has 1 heterocycles. The van der Waals surface area contributed by atoms with E-state index in [9.17, 15) is 27.9 Å². The van der Waals surface area contributed by atoms with Gasteiger partial charge in [-0.15, -0.1) is 0 Å². The highest BCUT2D eigenvalue weighted by Crippen LogP contribution is 2.22. The number of carbonyl (C=O) groups is 1. The normalized spacial score (nSPS) is 12.4. The molecular weight excluding hydrogens is 498 g/mol. The Bertz CT molecular complexity index is 1640. The number of aliphatic carboxylic acids is 1. The Morgan fingerprint density at radius 2 is 1.57 bits per heavy atom. The summed E-state index contributed by atoms with van der Waals surface area (Å²) in [4.78, 5) is 37.1. The highest BCUT2D eigenvalue weighted by atomic mass is 32.2. The van der Waals surface area contributed by atoms with Crippen molar-refractivity contribution in [3.63, 3.8) is 0 Å². The van der Waals surface area contributed by atoms with Gasteiger partial charge in [0.05, 0.1) is 15.8 Å². The molecule has 10 nitrogen and oxygen atoms in total. The van der Waals surface area contributed by atoms with E-state index in [4.69, 9.17) is 4.74 Å². The van der Waals surface area contributed by atoms with Gasteiger partial charge in [-0.25, -0.2) is 13.2 Å². The average Bonchev–Trinajstić information content (AvgIpc) is 2.89. The Balaban J connectivity index is 1.45. The van der Waals surface area contributed by atoms with Crippen LogP contribution in [-0.2, 0) is 28.4 Å². The van der Waals surface area contributed by atoms with Crippen LogP contribution in [0.3, 0.4) is 0 Å². The molecule has 3 aromatic carbocycles. The molecule has 37 heavy (non-hydrogen) atoms. The standard InChI is InChI=1S/C26H25N3O7S/c1-28-23-12-6-5-10-21(23)24(30)29(26(28)33)17-7-11-22(25(31)32)27-37(34,35)20-15-13-19(14-16-20)36-18-8-3-2-4-9-18/h2-6,8-10,12-16,22,27H,7,11,17H2,1H3,(H,31,32)/t22-/m1/s1. The predicted molar refractivity (Wildman–Crippen MR) is 137 cm³/mol. The predicted octanol–water partition coefficient (Wildman–Crippen LogP) is 2.70. The summed E-state index contributed by atoms with van der Waals surface area (Å²) in [5, 5.41) is 9.96. The molecule has 0 fully saturated rings. The summed E-state index contributed by atoms with van der Waals surface area (Å²) >= 11 is 0. The van der Waals surface area contributed by atoms with Crippen LogP contribution in [0.15, 0.2) is 93.3 Å². The molecule has 0 saturated heterocycles. The second-order valence-corrected chi connectivity index (χ2v) is 10.1. The fourth-order valence-electron chi connectivity index (χ4n) is 3.91. The zero-order chi connectivity index (χ0) is 26.6. The molecule has 1 aromatic heterocycles. The highest BCUT2D eigenvalue weighted by Gasteiger charge is 2.25. The lowest BCUT2D eigenvalue weighted by Gasteiger charge is -2.16. The summed E-state index contributed by atoms with van der Waals surface area (Å²) in [6, 6.07) is 19.8. The van der Waals surface area contributed by atoms with Crippen LogP contribution in [-0.4, -0.2) is 34.7 Å². The van der Waals surface area contributed by atoms with Crippen LogP contribution in [0.25, 0.3) is 10.9 Å². The Hall–Kier alpha value is -4.22. The number of fused-ring (bicyclic) bond motifs is 1. The highest BCUT2D eigenvalue weighted by molar-refractivity contribution is 7.89. The number of aromatic nitrogens is 2. The van der Waals surface area contributed by atoms with Crippen LogP contribution in [0.4, 0.5) is 0 Å². The molecule has 0 amide bonds. The van der Waals surface area contributed by atoms with Gasteiger partial charge in [0.15, 0.2) is 0 Å². The average molecular weight is 524 g/mol. The second-order valence-electron chi connectivity index (χ2n) is 8.36. The molecule has 0 saturated carbocycles. The van der Waals surface area contributed by atoms with Gasteiger partial charge in [-0.05, 0) is 61.4 Å². The van der Waals surface area contributed by atoms with Gasteiger partial charge in [-0.3, -0.25) is 18.7 Å². The largest absolute Gasteiger partial charge is 0.480 e.